The first-order valence-corrected chi connectivity index (χ1v) is 11.8. The molecule has 1 aromatic heterocycles. The van der Waals surface area contributed by atoms with Crippen molar-refractivity contribution in [3.05, 3.63) is 65.4 Å². The molecule has 1 N–H and O–H groups in total. The minimum Gasteiger partial charge on any atom is -0.444 e. The summed E-state index contributed by atoms with van der Waals surface area (Å²) < 4.78 is 88.5. The van der Waals surface area contributed by atoms with E-state index in [0.29, 0.717) is 25.1 Å². The average Bonchev–Trinajstić information content (AvgIpc) is 3.39. The van der Waals surface area contributed by atoms with Gasteiger partial charge in [-0.3, -0.25) is 4.90 Å². The van der Waals surface area contributed by atoms with Crippen molar-refractivity contribution in [3.63, 3.8) is 0 Å². The fourth-order valence-corrected chi connectivity index (χ4v) is 5.37. The Balaban J connectivity index is 1.60. The number of rotatable bonds is 2. The molecule has 1 amide bonds. The molecule has 37 heavy (non-hydrogen) atoms. The third-order valence-corrected chi connectivity index (χ3v) is 6.76. The van der Waals surface area contributed by atoms with Gasteiger partial charge in [0.05, 0.1) is 22.7 Å². The van der Waals surface area contributed by atoms with Gasteiger partial charge in [0.2, 0.25) is 0 Å². The second kappa shape index (κ2) is 8.32. The number of amides is 1. The Labute approximate surface area is 209 Å². The number of nitrogens with zero attached hydrogens (tertiary/aromatic N) is 2. The largest absolute Gasteiger partial charge is 0.444 e. The number of anilines is 1. The molecule has 5 rings (SSSR count). The minimum atomic E-state index is -4.96. The van der Waals surface area contributed by atoms with Crippen LogP contribution in [0.25, 0.3) is 10.9 Å². The van der Waals surface area contributed by atoms with Crippen LogP contribution in [-0.4, -0.2) is 27.7 Å². The molecule has 0 bridgehead atoms. The van der Waals surface area contributed by atoms with Crippen LogP contribution in [0.5, 0.6) is 0 Å². The zero-order chi connectivity index (χ0) is 26.9. The highest BCUT2D eigenvalue weighted by Crippen LogP contribution is 2.50. The van der Waals surface area contributed by atoms with Gasteiger partial charge < -0.3 is 14.6 Å². The summed E-state index contributed by atoms with van der Waals surface area (Å²) in [6.45, 7) is 5.57. The molecule has 198 valence electrons. The van der Waals surface area contributed by atoms with Crippen LogP contribution in [0.4, 0.5) is 36.8 Å². The molecule has 0 aliphatic carbocycles. The smallest absolute Gasteiger partial charge is 0.416 e. The molecule has 3 heterocycles. The molecule has 0 spiro atoms. The first-order chi connectivity index (χ1) is 17.1. The van der Waals surface area contributed by atoms with Crippen molar-refractivity contribution in [1.82, 2.24) is 9.47 Å². The summed E-state index contributed by atoms with van der Waals surface area (Å²) in [7, 11) is 0. The monoisotopic (exact) mass is 525 g/mol. The van der Waals surface area contributed by atoms with Gasteiger partial charge in [0, 0.05) is 24.3 Å². The van der Waals surface area contributed by atoms with Crippen molar-refractivity contribution in [1.29, 1.82) is 0 Å². The number of benzene rings is 2. The van der Waals surface area contributed by atoms with Crippen molar-refractivity contribution in [3.8, 4) is 0 Å². The number of nitrogens with one attached hydrogen (secondary N) is 1. The predicted molar refractivity (Wildman–Crippen MR) is 125 cm³/mol. The molecule has 1 saturated heterocycles. The number of carbonyl (C=O) groups is 1. The number of carbonyl (C=O) groups excluding carboxylic acids is 1. The Morgan fingerprint density at radius 3 is 2.22 bits per heavy atom. The van der Waals surface area contributed by atoms with Crippen molar-refractivity contribution in [2.75, 3.05) is 11.9 Å². The predicted octanol–water partition coefficient (Wildman–Crippen LogP) is 7.60. The Hall–Kier alpha value is -3.37. The van der Waals surface area contributed by atoms with Crippen LogP contribution in [0.15, 0.2) is 48.7 Å². The summed E-state index contributed by atoms with van der Waals surface area (Å²) >= 11 is 0. The molecule has 3 atom stereocenters. The van der Waals surface area contributed by atoms with E-state index in [1.807, 2.05) is 22.9 Å². The molecule has 0 saturated carbocycles. The van der Waals surface area contributed by atoms with E-state index in [0.717, 1.165) is 16.5 Å². The molecule has 11 heteroatoms. The highest BCUT2D eigenvalue weighted by atomic mass is 19.4. The number of alkyl halides is 6. The van der Waals surface area contributed by atoms with Crippen LogP contribution in [-0.2, 0) is 17.1 Å². The van der Waals surface area contributed by atoms with Gasteiger partial charge in [-0.1, -0.05) is 18.2 Å². The third-order valence-electron chi connectivity index (χ3n) is 6.76. The number of aromatic nitrogens is 1. The fraction of sp³-hybridized carbons (Fsp3) is 0.423. The number of ether oxygens (including phenoxy) is 1. The number of para-hydroxylation sites is 1. The summed E-state index contributed by atoms with van der Waals surface area (Å²) in [6, 6.07) is 8.19. The van der Waals surface area contributed by atoms with Crippen molar-refractivity contribution >= 4 is 22.7 Å². The van der Waals surface area contributed by atoms with Crippen LogP contribution < -0.4 is 5.32 Å². The Bertz CT molecular complexity index is 1320. The van der Waals surface area contributed by atoms with Gasteiger partial charge in [-0.25, -0.2) is 4.79 Å². The number of fused-ring (bicyclic) bond motifs is 2. The zero-order valence-corrected chi connectivity index (χ0v) is 20.2. The van der Waals surface area contributed by atoms with Gasteiger partial charge in [-0.2, -0.15) is 26.3 Å². The van der Waals surface area contributed by atoms with Gasteiger partial charge in [0.25, 0.3) is 0 Å². The first kappa shape index (κ1) is 25.3. The normalized spacial score (nSPS) is 21.8. The Kier molecular flexibility index (Phi) is 5.69. The lowest BCUT2D eigenvalue weighted by atomic mass is 9.85. The lowest BCUT2D eigenvalue weighted by Crippen LogP contribution is -2.42. The number of hydrogen-bond donors (Lipinski definition) is 1. The van der Waals surface area contributed by atoms with Gasteiger partial charge in [0.15, 0.2) is 0 Å². The lowest BCUT2D eigenvalue weighted by Gasteiger charge is -2.40. The quantitative estimate of drug-likeness (QED) is 0.351. The van der Waals surface area contributed by atoms with Crippen LogP contribution in [0.1, 0.15) is 56.1 Å². The van der Waals surface area contributed by atoms with Gasteiger partial charge in [-0.15, -0.1) is 0 Å². The van der Waals surface area contributed by atoms with E-state index >= 15 is 0 Å². The highest BCUT2D eigenvalue weighted by Gasteiger charge is 2.48. The second-order valence-electron chi connectivity index (χ2n) is 10.5. The first-order valence-electron chi connectivity index (χ1n) is 11.8. The Morgan fingerprint density at radius 2 is 1.62 bits per heavy atom. The molecule has 3 unspecified atom stereocenters. The van der Waals surface area contributed by atoms with Crippen LogP contribution >= 0.6 is 0 Å². The summed E-state index contributed by atoms with van der Waals surface area (Å²) in [6.07, 6.45) is -8.65. The Morgan fingerprint density at radius 1 is 0.973 bits per heavy atom. The maximum absolute atomic E-state index is 13.5. The van der Waals surface area contributed by atoms with Crippen molar-refractivity contribution in [2.24, 2.45) is 5.92 Å². The maximum atomic E-state index is 13.5. The molecular weight excluding hydrogens is 500 g/mol. The molecule has 2 aliphatic rings. The summed E-state index contributed by atoms with van der Waals surface area (Å²) in [5.41, 5.74) is -2.31. The molecule has 5 nitrogen and oxygen atoms in total. The van der Waals surface area contributed by atoms with Gasteiger partial charge in [0.1, 0.15) is 11.8 Å². The molecular formula is C26H25F6N3O2. The third kappa shape index (κ3) is 4.59. The van der Waals surface area contributed by atoms with Crippen LogP contribution in [0, 0.1) is 5.92 Å². The zero-order valence-electron chi connectivity index (χ0n) is 20.2. The lowest BCUT2D eigenvalue weighted by molar-refractivity contribution is -0.143. The number of likely N-dealkylation sites (tertiary alicyclic amines) is 1. The summed E-state index contributed by atoms with van der Waals surface area (Å²) in [5.74, 6) is -0.332. The van der Waals surface area contributed by atoms with E-state index in [4.69, 9.17) is 4.74 Å². The molecule has 0 radical (unpaired) electrons. The minimum absolute atomic E-state index is 0.112. The van der Waals surface area contributed by atoms with Crippen LogP contribution in [0.2, 0.25) is 0 Å². The average molecular weight is 525 g/mol. The van der Waals surface area contributed by atoms with Crippen LogP contribution in [0.3, 0.4) is 0 Å². The highest BCUT2D eigenvalue weighted by molar-refractivity contribution is 5.85. The SMILES string of the molecule is CC(C)(C)OC(=O)N1CCC2C(Nc3cc(C(F)(F)F)cc(C(F)(F)F)c3)c3cccc4ccn(c34)C21. The maximum Gasteiger partial charge on any atom is 0.416 e. The summed E-state index contributed by atoms with van der Waals surface area (Å²) in [4.78, 5) is 14.6. The topological polar surface area (TPSA) is 46.5 Å². The summed E-state index contributed by atoms with van der Waals surface area (Å²) in [5, 5.41) is 3.83. The van der Waals surface area contributed by atoms with E-state index in [2.05, 4.69) is 5.32 Å². The van der Waals surface area contributed by atoms with Crippen molar-refractivity contribution < 1.29 is 35.9 Å². The van der Waals surface area contributed by atoms with Gasteiger partial charge >= 0.3 is 18.4 Å². The van der Waals surface area contributed by atoms with E-state index in [1.165, 1.54) is 0 Å². The standard InChI is InChI=1S/C26H25F6N3O2/c1-24(2,3)37-23(36)35-10-8-19-20(18-6-4-5-14-7-9-34(21(14)18)22(19)35)33-17-12-15(25(27,28)29)11-16(13-17)26(30,31)32/h4-7,9,11-13,19-20,22,33H,8,10H2,1-3H3. The van der Waals surface area contributed by atoms with E-state index in [1.54, 1.807) is 37.8 Å². The van der Waals surface area contributed by atoms with E-state index in [-0.39, 0.29) is 17.7 Å². The number of hydrogen-bond acceptors (Lipinski definition) is 3. The molecule has 1 fully saturated rings. The molecule has 2 aliphatic heterocycles. The van der Waals surface area contributed by atoms with E-state index < -0.39 is 47.4 Å². The fourth-order valence-electron chi connectivity index (χ4n) is 5.37. The molecule has 3 aromatic rings. The van der Waals surface area contributed by atoms with E-state index in [9.17, 15) is 31.1 Å². The number of halogens is 6. The second-order valence-corrected chi connectivity index (χ2v) is 10.5. The van der Waals surface area contributed by atoms with Gasteiger partial charge in [-0.05, 0) is 62.4 Å². The van der Waals surface area contributed by atoms with Crippen molar-refractivity contribution in [2.45, 2.75) is 57.4 Å². The molecule has 2 aromatic carbocycles.